The van der Waals surface area contributed by atoms with Crippen molar-refractivity contribution in [3.8, 4) is 5.75 Å². The molecule has 0 radical (unpaired) electrons. The molecule has 1 spiro atoms. The minimum atomic E-state index is -0.950. The van der Waals surface area contributed by atoms with Gasteiger partial charge in [0, 0.05) is 24.2 Å². The van der Waals surface area contributed by atoms with Gasteiger partial charge in [-0.05, 0) is 37.1 Å². The van der Waals surface area contributed by atoms with Gasteiger partial charge in [0.25, 0.3) is 0 Å². The molecule has 96 valence electrons. The second-order valence-electron chi connectivity index (χ2n) is 5.39. The molecule has 0 aromatic heterocycles. The standard InChI is InChI=1S/C14H17NO3/c16-13(17)8-18-12-4-2-11(3-5-12)15-9-14(10-15)6-1-7-14/h2-5H,1,6-10H2,(H,16,17). The molecule has 2 fully saturated rings. The van der Waals surface area contributed by atoms with Crippen LogP contribution in [0.3, 0.4) is 0 Å². The predicted molar refractivity (Wildman–Crippen MR) is 68.1 cm³/mol. The molecule has 4 heteroatoms. The van der Waals surface area contributed by atoms with Crippen molar-refractivity contribution < 1.29 is 14.6 Å². The number of rotatable bonds is 4. The van der Waals surface area contributed by atoms with Crippen LogP contribution in [0, 0.1) is 5.41 Å². The topological polar surface area (TPSA) is 49.8 Å². The lowest BCUT2D eigenvalue weighted by Crippen LogP contribution is -2.59. The predicted octanol–water partition coefficient (Wildman–Crippen LogP) is 2.14. The maximum absolute atomic E-state index is 10.4. The highest BCUT2D eigenvalue weighted by Gasteiger charge is 2.47. The highest BCUT2D eigenvalue weighted by molar-refractivity contribution is 5.68. The van der Waals surface area contributed by atoms with Crippen LogP contribution in [0.5, 0.6) is 5.75 Å². The van der Waals surface area contributed by atoms with Crippen LogP contribution in [0.25, 0.3) is 0 Å². The Kier molecular flexibility index (Phi) is 2.65. The molecule has 1 saturated carbocycles. The summed E-state index contributed by atoms with van der Waals surface area (Å²) in [6.45, 7) is 2.05. The van der Waals surface area contributed by atoms with Crippen LogP contribution in [0.1, 0.15) is 19.3 Å². The van der Waals surface area contributed by atoms with E-state index in [1.165, 1.54) is 38.0 Å². The van der Waals surface area contributed by atoms with Gasteiger partial charge in [-0.15, -0.1) is 0 Å². The Hall–Kier alpha value is -1.71. The van der Waals surface area contributed by atoms with Gasteiger partial charge in [0.05, 0.1) is 0 Å². The molecule has 1 aromatic rings. The highest BCUT2D eigenvalue weighted by atomic mass is 16.5. The van der Waals surface area contributed by atoms with Gasteiger partial charge in [0.2, 0.25) is 0 Å². The van der Waals surface area contributed by atoms with Crippen molar-refractivity contribution in [1.29, 1.82) is 0 Å². The summed E-state index contributed by atoms with van der Waals surface area (Å²) < 4.78 is 5.11. The molecule has 4 nitrogen and oxygen atoms in total. The number of hydrogen-bond acceptors (Lipinski definition) is 3. The number of nitrogens with zero attached hydrogens (tertiary/aromatic N) is 1. The highest BCUT2D eigenvalue weighted by Crippen LogP contribution is 2.49. The number of carboxylic acids is 1. The second-order valence-corrected chi connectivity index (χ2v) is 5.39. The molecule has 0 unspecified atom stereocenters. The zero-order valence-corrected chi connectivity index (χ0v) is 10.3. The minimum Gasteiger partial charge on any atom is -0.482 e. The number of carbonyl (C=O) groups is 1. The fourth-order valence-electron chi connectivity index (χ4n) is 2.84. The van der Waals surface area contributed by atoms with Crippen molar-refractivity contribution in [2.45, 2.75) is 19.3 Å². The molecule has 0 amide bonds. The van der Waals surface area contributed by atoms with Crippen LogP contribution in [-0.2, 0) is 4.79 Å². The number of anilines is 1. The zero-order chi connectivity index (χ0) is 12.6. The second kappa shape index (κ2) is 4.19. The van der Waals surface area contributed by atoms with Gasteiger partial charge in [-0.2, -0.15) is 0 Å². The summed E-state index contributed by atoms with van der Waals surface area (Å²) in [6.07, 6.45) is 4.14. The lowest BCUT2D eigenvalue weighted by Gasteiger charge is -2.57. The first-order chi connectivity index (χ1) is 8.67. The summed E-state index contributed by atoms with van der Waals surface area (Å²) in [4.78, 5) is 12.8. The van der Waals surface area contributed by atoms with Gasteiger partial charge >= 0.3 is 5.97 Å². The molecule has 1 aliphatic heterocycles. The van der Waals surface area contributed by atoms with E-state index >= 15 is 0 Å². The van der Waals surface area contributed by atoms with Gasteiger partial charge < -0.3 is 14.7 Å². The number of carboxylic acid groups (broad SMARTS) is 1. The van der Waals surface area contributed by atoms with E-state index in [-0.39, 0.29) is 6.61 Å². The zero-order valence-electron chi connectivity index (χ0n) is 10.3. The van der Waals surface area contributed by atoms with Crippen LogP contribution in [0.15, 0.2) is 24.3 Å². The molecule has 1 heterocycles. The smallest absolute Gasteiger partial charge is 0.341 e. The summed E-state index contributed by atoms with van der Waals surface area (Å²) >= 11 is 0. The summed E-state index contributed by atoms with van der Waals surface area (Å²) in [5, 5.41) is 8.52. The fourth-order valence-corrected chi connectivity index (χ4v) is 2.84. The molecular weight excluding hydrogens is 230 g/mol. The maximum atomic E-state index is 10.4. The number of aliphatic carboxylic acids is 1. The van der Waals surface area contributed by atoms with E-state index in [1.54, 1.807) is 0 Å². The average Bonchev–Trinajstić information content (AvgIpc) is 2.24. The third-order valence-electron chi connectivity index (χ3n) is 4.03. The molecule has 1 saturated heterocycles. The van der Waals surface area contributed by atoms with E-state index in [2.05, 4.69) is 4.90 Å². The van der Waals surface area contributed by atoms with Gasteiger partial charge in [0.1, 0.15) is 5.75 Å². The maximum Gasteiger partial charge on any atom is 0.341 e. The molecule has 1 aromatic carbocycles. The molecule has 1 aliphatic carbocycles. The van der Waals surface area contributed by atoms with E-state index in [1.807, 2.05) is 24.3 Å². The first-order valence-electron chi connectivity index (χ1n) is 6.37. The third-order valence-corrected chi connectivity index (χ3v) is 4.03. The van der Waals surface area contributed by atoms with Gasteiger partial charge in [0.15, 0.2) is 6.61 Å². The van der Waals surface area contributed by atoms with Crippen LogP contribution in [0.2, 0.25) is 0 Å². The SMILES string of the molecule is O=C(O)COc1ccc(N2CC3(CCC3)C2)cc1. The lowest BCUT2D eigenvalue weighted by atomic mass is 9.63. The fraction of sp³-hybridized carbons (Fsp3) is 0.500. The van der Waals surface area contributed by atoms with Crippen molar-refractivity contribution in [2.75, 3.05) is 24.6 Å². The van der Waals surface area contributed by atoms with Crippen molar-refractivity contribution in [3.63, 3.8) is 0 Å². The summed E-state index contributed by atoms with van der Waals surface area (Å²) in [6, 6.07) is 7.68. The molecule has 0 atom stereocenters. The summed E-state index contributed by atoms with van der Waals surface area (Å²) in [5.74, 6) is -0.339. The average molecular weight is 247 g/mol. The number of benzene rings is 1. The Labute approximate surface area is 106 Å². The molecule has 18 heavy (non-hydrogen) atoms. The van der Waals surface area contributed by atoms with Crippen molar-refractivity contribution >= 4 is 11.7 Å². The minimum absolute atomic E-state index is 0.286. The van der Waals surface area contributed by atoms with E-state index in [0.717, 1.165) is 0 Å². The van der Waals surface area contributed by atoms with Crippen LogP contribution >= 0.6 is 0 Å². The normalized spacial score (nSPS) is 20.1. The van der Waals surface area contributed by atoms with Crippen LogP contribution < -0.4 is 9.64 Å². The Balaban J connectivity index is 1.56. The van der Waals surface area contributed by atoms with E-state index in [0.29, 0.717) is 11.2 Å². The van der Waals surface area contributed by atoms with Crippen molar-refractivity contribution in [1.82, 2.24) is 0 Å². The van der Waals surface area contributed by atoms with Gasteiger partial charge in [-0.25, -0.2) is 4.79 Å². The monoisotopic (exact) mass is 247 g/mol. The molecule has 0 bridgehead atoms. The Bertz CT molecular complexity index is 443. The van der Waals surface area contributed by atoms with Gasteiger partial charge in [-0.1, -0.05) is 6.42 Å². The molecular formula is C14H17NO3. The third kappa shape index (κ3) is 2.03. The summed E-state index contributed by atoms with van der Waals surface area (Å²) in [5.41, 5.74) is 1.83. The largest absolute Gasteiger partial charge is 0.482 e. The molecule has 3 rings (SSSR count). The molecule has 2 aliphatic rings. The van der Waals surface area contributed by atoms with E-state index < -0.39 is 5.97 Å². The molecule has 1 N–H and O–H groups in total. The first kappa shape index (κ1) is 11.4. The van der Waals surface area contributed by atoms with E-state index in [4.69, 9.17) is 9.84 Å². The van der Waals surface area contributed by atoms with Crippen molar-refractivity contribution in [3.05, 3.63) is 24.3 Å². The van der Waals surface area contributed by atoms with Crippen LogP contribution in [-0.4, -0.2) is 30.8 Å². The Morgan fingerprint density at radius 2 is 1.94 bits per heavy atom. The summed E-state index contributed by atoms with van der Waals surface area (Å²) in [7, 11) is 0. The number of hydrogen-bond donors (Lipinski definition) is 1. The Morgan fingerprint density at radius 1 is 1.28 bits per heavy atom. The van der Waals surface area contributed by atoms with Crippen molar-refractivity contribution in [2.24, 2.45) is 5.41 Å². The van der Waals surface area contributed by atoms with Gasteiger partial charge in [-0.3, -0.25) is 0 Å². The van der Waals surface area contributed by atoms with E-state index in [9.17, 15) is 4.79 Å². The Morgan fingerprint density at radius 3 is 2.44 bits per heavy atom. The number of ether oxygens (including phenoxy) is 1. The first-order valence-corrected chi connectivity index (χ1v) is 6.37. The quantitative estimate of drug-likeness (QED) is 0.885. The van der Waals surface area contributed by atoms with Crippen LogP contribution in [0.4, 0.5) is 5.69 Å². The lowest BCUT2D eigenvalue weighted by molar-refractivity contribution is -0.139.